The summed E-state index contributed by atoms with van der Waals surface area (Å²) in [7, 11) is 11.0. The highest BCUT2D eigenvalue weighted by molar-refractivity contribution is 6.12. The molecule has 2 radical (unpaired) electrons. The second kappa shape index (κ2) is 11.0. The first-order chi connectivity index (χ1) is 10.7. The van der Waals surface area contributed by atoms with Gasteiger partial charge in [0.2, 0.25) is 0 Å². The lowest BCUT2D eigenvalue weighted by Gasteiger charge is -2.22. The van der Waals surface area contributed by atoms with Crippen LogP contribution in [0, 0.1) is 11.8 Å². The molecule has 1 unspecified atom stereocenters. The van der Waals surface area contributed by atoms with Crippen LogP contribution in [0.25, 0.3) is 0 Å². The van der Waals surface area contributed by atoms with Gasteiger partial charge in [-0.25, -0.2) is 0 Å². The molecule has 0 saturated heterocycles. The van der Waals surface area contributed by atoms with E-state index in [4.69, 9.17) is 22.1 Å². The van der Waals surface area contributed by atoms with Gasteiger partial charge in [0.05, 0.1) is 12.2 Å². The Balaban J connectivity index is 2.71. The highest BCUT2D eigenvalue weighted by Crippen LogP contribution is 2.39. The first-order valence-corrected chi connectivity index (χ1v) is 8.35. The number of rotatable bonds is 10. The summed E-state index contributed by atoms with van der Waals surface area (Å²) in [5.74, 6) is 0.736. The van der Waals surface area contributed by atoms with Gasteiger partial charge in [0.15, 0.2) is 0 Å². The average Bonchev–Trinajstić information content (AvgIpc) is 2.89. The minimum absolute atomic E-state index is 0.180. The molecule has 5 atom stereocenters. The van der Waals surface area contributed by atoms with E-state index < -0.39 is 0 Å². The van der Waals surface area contributed by atoms with Crippen molar-refractivity contribution in [1.29, 1.82) is 0 Å². The topological polar surface area (TPSA) is 27.7 Å². The van der Waals surface area contributed by atoms with Crippen LogP contribution in [-0.2, 0) is 14.2 Å². The van der Waals surface area contributed by atoms with Gasteiger partial charge in [-0.1, -0.05) is 44.1 Å². The van der Waals surface area contributed by atoms with Gasteiger partial charge in [-0.3, -0.25) is 0 Å². The molecule has 1 rings (SSSR count). The Bertz CT molecular complexity index is 343. The van der Waals surface area contributed by atoms with E-state index in [1.807, 2.05) is 6.08 Å². The van der Waals surface area contributed by atoms with Gasteiger partial charge >= 0.3 is 0 Å². The Kier molecular flexibility index (Phi) is 9.77. The van der Waals surface area contributed by atoms with Crippen molar-refractivity contribution in [3.63, 3.8) is 0 Å². The molecular weight excluding hydrogens is 275 g/mol. The van der Waals surface area contributed by atoms with Crippen molar-refractivity contribution in [3.8, 4) is 0 Å². The van der Waals surface area contributed by atoms with Crippen molar-refractivity contribution in [2.45, 2.75) is 57.2 Å². The lowest BCUT2D eigenvalue weighted by atomic mass is 9.88. The highest BCUT2D eigenvalue weighted by atomic mass is 16.5. The smallest absolute Gasteiger partial charge is 0.114 e. The van der Waals surface area contributed by atoms with Crippen molar-refractivity contribution in [3.05, 3.63) is 24.3 Å². The summed E-state index contributed by atoms with van der Waals surface area (Å²) in [6, 6.07) is -0.361. The molecule has 3 nitrogen and oxygen atoms in total. The van der Waals surface area contributed by atoms with Crippen molar-refractivity contribution in [2.75, 3.05) is 21.3 Å². The van der Waals surface area contributed by atoms with Gasteiger partial charge in [0.25, 0.3) is 0 Å². The zero-order valence-corrected chi connectivity index (χ0v) is 14.5. The minimum Gasteiger partial charge on any atom is -0.387 e. The SMILES string of the molecule is [B]C(C=C[C@@H]1[C@@H](C/C=C\CCCC)[C@@H](OC)C[C@H]1OC)OC. The van der Waals surface area contributed by atoms with E-state index in [1.54, 1.807) is 21.3 Å². The number of hydrogen-bond donors (Lipinski definition) is 0. The minimum atomic E-state index is -0.361. The van der Waals surface area contributed by atoms with Crippen LogP contribution in [0.5, 0.6) is 0 Å². The fourth-order valence-electron chi connectivity index (χ4n) is 3.19. The Morgan fingerprint density at radius 3 is 2.45 bits per heavy atom. The maximum absolute atomic E-state index is 5.81. The van der Waals surface area contributed by atoms with Crippen LogP contribution >= 0.6 is 0 Å². The van der Waals surface area contributed by atoms with Gasteiger partial charge < -0.3 is 14.2 Å². The van der Waals surface area contributed by atoms with Gasteiger partial charge in [-0.05, 0) is 18.8 Å². The standard InChI is InChI=1S/C18H31BO3/c1-5-6-7-8-9-10-14-15(11-12-18(19)22-4)17(21-3)13-16(14)20-2/h8-9,11-12,14-18H,5-7,10,13H2,1-4H3/b9-8-,12-11?/t14-,15-,16+,17-,18?/m1/s1. The molecule has 0 aromatic heterocycles. The molecule has 0 amide bonds. The van der Waals surface area contributed by atoms with Gasteiger partial charge in [-0.15, -0.1) is 0 Å². The van der Waals surface area contributed by atoms with Crippen LogP contribution in [-0.4, -0.2) is 47.4 Å². The number of hydrogen-bond acceptors (Lipinski definition) is 3. The van der Waals surface area contributed by atoms with Crippen LogP contribution in [0.4, 0.5) is 0 Å². The molecule has 0 aromatic carbocycles. The van der Waals surface area contributed by atoms with Gasteiger partial charge in [-0.2, -0.15) is 0 Å². The maximum atomic E-state index is 5.81. The van der Waals surface area contributed by atoms with Crippen molar-refractivity contribution in [2.24, 2.45) is 11.8 Å². The summed E-state index contributed by atoms with van der Waals surface area (Å²) >= 11 is 0. The predicted octanol–water partition coefficient (Wildman–Crippen LogP) is 3.49. The Hall–Kier alpha value is -0.575. The van der Waals surface area contributed by atoms with Gasteiger partial charge in [0.1, 0.15) is 7.85 Å². The van der Waals surface area contributed by atoms with Crippen LogP contribution in [0.3, 0.4) is 0 Å². The molecular formula is C18H31BO3. The number of allylic oxidation sites excluding steroid dienone is 2. The molecule has 4 heteroatoms. The lowest BCUT2D eigenvalue weighted by molar-refractivity contribution is 0.0565. The van der Waals surface area contributed by atoms with Crippen LogP contribution < -0.4 is 0 Å². The average molecular weight is 306 g/mol. The van der Waals surface area contributed by atoms with Crippen LogP contribution in [0.15, 0.2) is 24.3 Å². The second-order valence-electron chi connectivity index (χ2n) is 5.96. The van der Waals surface area contributed by atoms with E-state index in [0.717, 1.165) is 19.3 Å². The van der Waals surface area contributed by atoms with Crippen molar-refractivity contribution in [1.82, 2.24) is 0 Å². The Labute approximate surface area is 137 Å². The van der Waals surface area contributed by atoms with E-state index in [2.05, 4.69) is 25.2 Å². The summed E-state index contributed by atoms with van der Waals surface area (Å²) in [6.07, 6.45) is 14.6. The highest BCUT2D eigenvalue weighted by Gasteiger charge is 2.41. The number of unbranched alkanes of at least 4 members (excludes halogenated alkanes) is 2. The largest absolute Gasteiger partial charge is 0.387 e. The fraction of sp³-hybridized carbons (Fsp3) is 0.778. The van der Waals surface area contributed by atoms with E-state index in [0.29, 0.717) is 11.8 Å². The Morgan fingerprint density at radius 1 is 1.14 bits per heavy atom. The van der Waals surface area contributed by atoms with Gasteiger partial charge in [0, 0.05) is 39.7 Å². The maximum Gasteiger partial charge on any atom is 0.114 e. The summed E-state index contributed by atoms with van der Waals surface area (Å²) in [5, 5.41) is 0. The molecule has 0 bridgehead atoms. The second-order valence-corrected chi connectivity index (χ2v) is 5.96. The van der Waals surface area contributed by atoms with Crippen LogP contribution in [0.2, 0.25) is 0 Å². The summed E-state index contributed by atoms with van der Waals surface area (Å²) < 4.78 is 16.4. The Morgan fingerprint density at radius 2 is 1.86 bits per heavy atom. The summed E-state index contributed by atoms with van der Waals surface area (Å²) in [5.41, 5.74) is 0. The third kappa shape index (κ3) is 5.90. The zero-order valence-electron chi connectivity index (χ0n) is 14.5. The normalized spacial score (nSPS) is 30.5. The molecule has 0 aliphatic heterocycles. The first kappa shape index (κ1) is 19.5. The summed E-state index contributed by atoms with van der Waals surface area (Å²) in [4.78, 5) is 0. The molecule has 124 valence electrons. The van der Waals surface area contributed by atoms with Crippen molar-refractivity contribution < 1.29 is 14.2 Å². The number of methoxy groups -OCH3 is 3. The third-order valence-corrected chi connectivity index (χ3v) is 4.57. The first-order valence-electron chi connectivity index (χ1n) is 8.35. The predicted molar refractivity (Wildman–Crippen MR) is 92.2 cm³/mol. The number of ether oxygens (including phenoxy) is 3. The third-order valence-electron chi connectivity index (χ3n) is 4.57. The molecule has 0 aromatic rings. The molecule has 1 fully saturated rings. The monoisotopic (exact) mass is 306 g/mol. The molecule has 0 spiro atoms. The quantitative estimate of drug-likeness (QED) is 0.351. The molecule has 0 heterocycles. The molecule has 22 heavy (non-hydrogen) atoms. The fourth-order valence-corrected chi connectivity index (χ4v) is 3.19. The molecule has 1 aliphatic carbocycles. The molecule has 1 aliphatic rings. The molecule has 1 saturated carbocycles. The van der Waals surface area contributed by atoms with E-state index in [1.165, 1.54) is 12.8 Å². The molecule has 0 N–H and O–H groups in total. The van der Waals surface area contributed by atoms with Crippen molar-refractivity contribution >= 4 is 7.85 Å². The van der Waals surface area contributed by atoms with E-state index in [-0.39, 0.29) is 18.2 Å². The van der Waals surface area contributed by atoms with E-state index >= 15 is 0 Å². The zero-order chi connectivity index (χ0) is 16.4. The lowest BCUT2D eigenvalue weighted by Crippen LogP contribution is -2.22. The van der Waals surface area contributed by atoms with E-state index in [9.17, 15) is 0 Å². The summed E-state index contributed by atoms with van der Waals surface area (Å²) in [6.45, 7) is 2.22. The van der Waals surface area contributed by atoms with Crippen LogP contribution in [0.1, 0.15) is 39.0 Å².